The summed E-state index contributed by atoms with van der Waals surface area (Å²) in [5.74, 6) is 1.46. The van der Waals surface area contributed by atoms with Gasteiger partial charge in [-0.1, -0.05) is 50.6 Å². The van der Waals surface area contributed by atoms with E-state index >= 15 is 0 Å². The lowest BCUT2D eigenvalue weighted by Gasteiger charge is -2.28. The Kier molecular flexibility index (Phi) is 6.72. The molecule has 0 radical (unpaired) electrons. The number of hydrogen-bond acceptors (Lipinski definition) is 2. The molecule has 1 N–H and O–H groups in total. The summed E-state index contributed by atoms with van der Waals surface area (Å²) in [6, 6.07) is 11.5. The van der Waals surface area contributed by atoms with Crippen LogP contribution in [0.2, 0.25) is 0 Å². The van der Waals surface area contributed by atoms with Gasteiger partial charge in [-0.3, -0.25) is 0 Å². The van der Waals surface area contributed by atoms with Crippen molar-refractivity contribution in [3.63, 3.8) is 0 Å². The van der Waals surface area contributed by atoms with Crippen molar-refractivity contribution in [1.82, 2.24) is 5.32 Å². The van der Waals surface area contributed by atoms with E-state index in [9.17, 15) is 0 Å². The van der Waals surface area contributed by atoms with E-state index < -0.39 is 0 Å². The summed E-state index contributed by atoms with van der Waals surface area (Å²) < 4.78 is 6.06. The van der Waals surface area contributed by atoms with Crippen LogP contribution in [0.1, 0.15) is 57.9 Å². The lowest BCUT2D eigenvalue weighted by atomic mass is 9.98. The highest BCUT2D eigenvalue weighted by Crippen LogP contribution is 2.50. The van der Waals surface area contributed by atoms with E-state index in [-0.39, 0.29) is 0 Å². The first kappa shape index (κ1) is 16.5. The SMILES string of the molecule is CCCNC(C(CCC)OCC)C1CC1c1ccccc1. The average Bonchev–Trinajstić information content (AvgIpc) is 3.29. The zero-order valence-electron chi connectivity index (χ0n) is 13.8. The maximum Gasteiger partial charge on any atom is 0.0730 e. The van der Waals surface area contributed by atoms with Crippen molar-refractivity contribution < 1.29 is 4.74 Å². The molecule has 2 heteroatoms. The van der Waals surface area contributed by atoms with Crippen LogP contribution in [0.5, 0.6) is 0 Å². The van der Waals surface area contributed by atoms with Gasteiger partial charge in [0.1, 0.15) is 0 Å². The molecule has 0 saturated heterocycles. The number of ether oxygens (including phenoxy) is 1. The molecule has 1 aromatic rings. The quantitative estimate of drug-likeness (QED) is 0.691. The van der Waals surface area contributed by atoms with Crippen LogP contribution < -0.4 is 5.32 Å². The summed E-state index contributed by atoms with van der Waals surface area (Å²) in [6.07, 6.45) is 5.21. The Labute approximate surface area is 130 Å². The van der Waals surface area contributed by atoms with Crippen LogP contribution in [0.15, 0.2) is 30.3 Å². The molecule has 1 aromatic carbocycles. The second-order valence-electron chi connectivity index (χ2n) is 6.18. The van der Waals surface area contributed by atoms with Crippen LogP contribution in [0, 0.1) is 5.92 Å². The van der Waals surface area contributed by atoms with Crippen molar-refractivity contribution in [2.75, 3.05) is 13.2 Å². The Morgan fingerprint density at radius 2 is 1.90 bits per heavy atom. The first-order chi connectivity index (χ1) is 10.3. The molecule has 0 aromatic heterocycles. The minimum atomic E-state index is 0.366. The van der Waals surface area contributed by atoms with Crippen LogP contribution in [-0.4, -0.2) is 25.3 Å². The second-order valence-corrected chi connectivity index (χ2v) is 6.18. The van der Waals surface area contributed by atoms with E-state index in [1.807, 2.05) is 0 Å². The summed E-state index contributed by atoms with van der Waals surface area (Å²) in [7, 11) is 0. The number of hydrogen-bond donors (Lipinski definition) is 1. The Hall–Kier alpha value is -0.860. The third kappa shape index (κ3) is 4.55. The fraction of sp³-hybridized carbons (Fsp3) is 0.684. The van der Waals surface area contributed by atoms with Crippen molar-refractivity contribution in [2.45, 2.75) is 64.5 Å². The number of benzene rings is 1. The maximum atomic E-state index is 6.06. The van der Waals surface area contributed by atoms with Gasteiger partial charge in [0.2, 0.25) is 0 Å². The van der Waals surface area contributed by atoms with Gasteiger partial charge in [-0.05, 0) is 50.1 Å². The van der Waals surface area contributed by atoms with Crippen LogP contribution >= 0.6 is 0 Å². The number of rotatable bonds is 10. The lowest BCUT2D eigenvalue weighted by Crippen LogP contribution is -2.44. The molecule has 1 aliphatic rings. The molecule has 0 aliphatic heterocycles. The average molecular weight is 289 g/mol. The summed E-state index contributed by atoms with van der Waals surface area (Å²) >= 11 is 0. The fourth-order valence-electron chi connectivity index (χ4n) is 3.43. The Bertz CT molecular complexity index is 386. The summed E-state index contributed by atoms with van der Waals surface area (Å²) in [4.78, 5) is 0. The highest BCUT2D eigenvalue weighted by molar-refractivity contribution is 5.27. The van der Waals surface area contributed by atoms with E-state index in [1.165, 1.54) is 24.8 Å². The smallest absolute Gasteiger partial charge is 0.0730 e. The van der Waals surface area contributed by atoms with Gasteiger partial charge in [-0.15, -0.1) is 0 Å². The summed E-state index contributed by atoms with van der Waals surface area (Å²) in [5.41, 5.74) is 1.50. The molecular weight excluding hydrogens is 258 g/mol. The van der Waals surface area contributed by atoms with Gasteiger partial charge in [0.25, 0.3) is 0 Å². The summed E-state index contributed by atoms with van der Waals surface area (Å²) in [6.45, 7) is 8.51. The lowest BCUT2D eigenvalue weighted by molar-refractivity contribution is 0.0218. The Balaban J connectivity index is 2.02. The molecule has 1 saturated carbocycles. The molecular formula is C19H31NO. The minimum absolute atomic E-state index is 0.366. The van der Waals surface area contributed by atoms with Crippen LogP contribution in [0.25, 0.3) is 0 Å². The molecule has 0 spiro atoms. The Morgan fingerprint density at radius 1 is 1.14 bits per heavy atom. The molecule has 4 atom stereocenters. The van der Waals surface area contributed by atoms with Gasteiger partial charge in [-0.25, -0.2) is 0 Å². The topological polar surface area (TPSA) is 21.3 Å². The van der Waals surface area contributed by atoms with Crippen LogP contribution in [0.4, 0.5) is 0 Å². The maximum absolute atomic E-state index is 6.06. The third-order valence-electron chi connectivity index (χ3n) is 4.51. The standard InChI is InChI=1S/C19H31NO/c1-4-10-18(21-6-3)19(20-13-5-2)17-14-16(17)15-11-8-7-9-12-15/h7-9,11-12,16-20H,4-6,10,13-14H2,1-3H3. The van der Waals surface area contributed by atoms with Gasteiger partial charge in [0.05, 0.1) is 6.10 Å². The molecule has 118 valence electrons. The van der Waals surface area contributed by atoms with Crippen molar-refractivity contribution in [3.8, 4) is 0 Å². The highest BCUT2D eigenvalue weighted by Gasteiger charge is 2.46. The van der Waals surface area contributed by atoms with E-state index in [0.717, 1.165) is 31.4 Å². The normalized spacial score (nSPS) is 23.8. The molecule has 0 amide bonds. The highest BCUT2D eigenvalue weighted by atomic mass is 16.5. The van der Waals surface area contributed by atoms with E-state index in [1.54, 1.807) is 0 Å². The van der Waals surface area contributed by atoms with Crippen molar-refractivity contribution in [3.05, 3.63) is 35.9 Å². The summed E-state index contributed by atoms with van der Waals surface area (Å²) in [5, 5.41) is 3.78. The largest absolute Gasteiger partial charge is 0.377 e. The van der Waals surface area contributed by atoms with Gasteiger partial charge >= 0.3 is 0 Å². The van der Waals surface area contributed by atoms with Crippen LogP contribution in [0.3, 0.4) is 0 Å². The molecule has 1 aliphatic carbocycles. The van der Waals surface area contributed by atoms with Crippen LogP contribution in [-0.2, 0) is 4.74 Å². The minimum Gasteiger partial charge on any atom is -0.377 e. The number of nitrogens with one attached hydrogen (secondary N) is 1. The zero-order valence-corrected chi connectivity index (χ0v) is 13.8. The van der Waals surface area contributed by atoms with Crippen molar-refractivity contribution in [1.29, 1.82) is 0 Å². The molecule has 2 rings (SSSR count). The van der Waals surface area contributed by atoms with Crippen molar-refractivity contribution >= 4 is 0 Å². The molecule has 0 heterocycles. The molecule has 2 nitrogen and oxygen atoms in total. The molecule has 1 fully saturated rings. The Morgan fingerprint density at radius 3 is 2.52 bits per heavy atom. The first-order valence-electron chi connectivity index (χ1n) is 8.71. The van der Waals surface area contributed by atoms with E-state index in [0.29, 0.717) is 12.1 Å². The van der Waals surface area contributed by atoms with Gasteiger partial charge in [0.15, 0.2) is 0 Å². The van der Waals surface area contributed by atoms with E-state index in [4.69, 9.17) is 4.74 Å². The van der Waals surface area contributed by atoms with Gasteiger partial charge in [0, 0.05) is 12.6 Å². The first-order valence-corrected chi connectivity index (χ1v) is 8.71. The molecule has 0 bridgehead atoms. The van der Waals surface area contributed by atoms with Gasteiger partial charge in [-0.2, -0.15) is 0 Å². The van der Waals surface area contributed by atoms with E-state index in [2.05, 4.69) is 56.4 Å². The second kappa shape index (κ2) is 8.55. The third-order valence-corrected chi connectivity index (χ3v) is 4.51. The predicted molar refractivity (Wildman–Crippen MR) is 89.7 cm³/mol. The van der Waals surface area contributed by atoms with Crippen molar-refractivity contribution in [2.24, 2.45) is 5.92 Å². The monoisotopic (exact) mass is 289 g/mol. The predicted octanol–water partition coefficient (Wildman–Crippen LogP) is 4.36. The fourth-order valence-corrected chi connectivity index (χ4v) is 3.43. The zero-order chi connectivity index (χ0) is 15.1. The molecule has 21 heavy (non-hydrogen) atoms. The van der Waals surface area contributed by atoms with Gasteiger partial charge < -0.3 is 10.1 Å². The molecule has 4 unspecified atom stereocenters.